The Labute approximate surface area is 118 Å². The molecule has 0 bridgehead atoms. The molecule has 104 valence electrons. The van der Waals surface area contributed by atoms with E-state index in [0.29, 0.717) is 11.3 Å². The van der Waals surface area contributed by atoms with Crippen molar-refractivity contribution in [3.63, 3.8) is 0 Å². The summed E-state index contributed by atoms with van der Waals surface area (Å²) in [5.74, 6) is 0.689. The van der Waals surface area contributed by atoms with Gasteiger partial charge in [0.15, 0.2) is 5.75 Å². The van der Waals surface area contributed by atoms with E-state index in [1.807, 2.05) is 32.0 Å². The van der Waals surface area contributed by atoms with Crippen LogP contribution < -0.4 is 10.5 Å². The first-order valence-electron chi connectivity index (χ1n) is 6.25. The molecule has 4 heteroatoms. The quantitative estimate of drug-likeness (QED) is 0.686. The summed E-state index contributed by atoms with van der Waals surface area (Å²) in [6.45, 7) is 3.94. The molecule has 0 aliphatic carbocycles. The standard InChI is InChI=1S/C16H17NO3/c1-10-7-8-11(2)14(9-10)20-13-6-4-5-12(15(13)17)16(18)19-3/h4-9H,17H2,1-3H3. The van der Waals surface area contributed by atoms with Crippen molar-refractivity contribution in [2.45, 2.75) is 13.8 Å². The summed E-state index contributed by atoms with van der Waals surface area (Å²) < 4.78 is 10.5. The Hall–Kier alpha value is -2.49. The molecule has 0 aliphatic rings. The largest absolute Gasteiger partial charge is 0.465 e. The van der Waals surface area contributed by atoms with Crippen LogP contribution in [0.15, 0.2) is 36.4 Å². The zero-order valence-electron chi connectivity index (χ0n) is 11.8. The van der Waals surface area contributed by atoms with Gasteiger partial charge in [-0.2, -0.15) is 0 Å². The van der Waals surface area contributed by atoms with Crippen LogP contribution in [0.3, 0.4) is 0 Å². The van der Waals surface area contributed by atoms with Crippen molar-refractivity contribution in [2.75, 3.05) is 12.8 Å². The predicted molar refractivity (Wildman–Crippen MR) is 78.2 cm³/mol. The average Bonchev–Trinajstić information content (AvgIpc) is 2.44. The fourth-order valence-electron chi connectivity index (χ4n) is 1.86. The Morgan fingerprint density at radius 1 is 1.10 bits per heavy atom. The lowest BCUT2D eigenvalue weighted by atomic mass is 10.1. The maximum atomic E-state index is 11.6. The Bertz CT molecular complexity index is 650. The Morgan fingerprint density at radius 3 is 2.55 bits per heavy atom. The van der Waals surface area contributed by atoms with Crippen LogP contribution in [0.2, 0.25) is 0 Å². The maximum Gasteiger partial charge on any atom is 0.340 e. The van der Waals surface area contributed by atoms with E-state index in [4.69, 9.17) is 15.2 Å². The SMILES string of the molecule is COC(=O)c1cccc(Oc2cc(C)ccc2C)c1N. The minimum atomic E-state index is -0.478. The van der Waals surface area contributed by atoms with Gasteiger partial charge < -0.3 is 15.2 Å². The highest BCUT2D eigenvalue weighted by Gasteiger charge is 2.14. The van der Waals surface area contributed by atoms with Gasteiger partial charge in [0.2, 0.25) is 0 Å². The fraction of sp³-hybridized carbons (Fsp3) is 0.188. The van der Waals surface area contributed by atoms with Gasteiger partial charge in [-0.25, -0.2) is 4.79 Å². The molecule has 2 N–H and O–H groups in total. The van der Waals surface area contributed by atoms with Gasteiger partial charge in [0, 0.05) is 0 Å². The summed E-state index contributed by atoms with van der Waals surface area (Å²) in [5.41, 5.74) is 8.64. The number of methoxy groups -OCH3 is 1. The number of nitrogen functional groups attached to an aromatic ring is 1. The van der Waals surface area contributed by atoms with Crippen LogP contribution in [-0.4, -0.2) is 13.1 Å². The minimum Gasteiger partial charge on any atom is -0.465 e. The molecule has 0 saturated heterocycles. The predicted octanol–water partition coefficient (Wildman–Crippen LogP) is 3.46. The van der Waals surface area contributed by atoms with Crippen LogP contribution in [-0.2, 0) is 4.74 Å². The number of rotatable bonds is 3. The van der Waals surface area contributed by atoms with Crippen molar-refractivity contribution in [3.05, 3.63) is 53.1 Å². The van der Waals surface area contributed by atoms with Crippen molar-refractivity contribution in [1.29, 1.82) is 0 Å². The first-order chi connectivity index (χ1) is 9.52. The minimum absolute atomic E-state index is 0.278. The molecule has 0 fully saturated rings. The number of carbonyl (C=O) groups excluding carboxylic acids is 1. The van der Waals surface area contributed by atoms with E-state index in [1.54, 1.807) is 18.2 Å². The smallest absolute Gasteiger partial charge is 0.340 e. The number of para-hydroxylation sites is 1. The van der Waals surface area contributed by atoms with Crippen molar-refractivity contribution in [3.8, 4) is 11.5 Å². The van der Waals surface area contributed by atoms with Gasteiger partial charge in [-0.1, -0.05) is 18.2 Å². The highest BCUT2D eigenvalue weighted by atomic mass is 16.5. The van der Waals surface area contributed by atoms with Crippen LogP contribution in [0.5, 0.6) is 11.5 Å². The van der Waals surface area contributed by atoms with Crippen molar-refractivity contribution < 1.29 is 14.3 Å². The van der Waals surface area contributed by atoms with Gasteiger partial charge in [-0.15, -0.1) is 0 Å². The third-order valence-electron chi connectivity index (χ3n) is 3.03. The van der Waals surface area contributed by atoms with Crippen molar-refractivity contribution in [2.24, 2.45) is 0 Å². The molecule has 0 spiro atoms. The zero-order valence-corrected chi connectivity index (χ0v) is 11.8. The number of hydrogen-bond acceptors (Lipinski definition) is 4. The number of anilines is 1. The Kier molecular flexibility index (Phi) is 3.94. The normalized spacial score (nSPS) is 10.2. The zero-order chi connectivity index (χ0) is 14.7. The summed E-state index contributed by atoms with van der Waals surface area (Å²) in [4.78, 5) is 11.6. The Balaban J connectivity index is 2.39. The van der Waals surface area contributed by atoms with Gasteiger partial charge in [0.25, 0.3) is 0 Å². The van der Waals surface area contributed by atoms with E-state index in [2.05, 4.69) is 0 Å². The molecule has 4 nitrogen and oxygen atoms in total. The average molecular weight is 271 g/mol. The second kappa shape index (κ2) is 5.65. The van der Waals surface area contributed by atoms with Crippen LogP contribution in [0.4, 0.5) is 5.69 Å². The third-order valence-corrected chi connectivity index (χ3v) is 3.03. The van der Waals surface area contributed by atoms with Crippen LogP contribution in [0, 0.1) is 13.8 Å². The molecule has 2 aromatic rings. The molecular weight excluding hydrogens is 254 g/mol. The number of nitrogens with two attached hydrogens (primary N) is 1. The highest BCUT2D eigenvalue weighted by Crippen LogP contribution is 2.32. The molecule has 0 radical (unpaired) electrons. The summed E-state index contributed by atoms with van der Waals surface area (Å²) in [6.07, 6.45) is 0. The van der Waals surface area contributed by atoms with E-state index in [1.165, 1.54) is 7.11 Å². The second-order valence-corrected chi connectivity index (χ2v) is 4.58. The number of esters is 1. The van der Waals surface area contributed by atoms with Crippen LogP contribution in [0.25, 0.3) is 0 Å². The number of benzene rings is 2. The van der Waals surface area contributed by atoms with Gasteiger partial charge in [0.1, 0.15) is 5.75 Å². The maximum absolute atomic E-state index is 11.6. The van der Waals surface area contributed by atoms with Gasteiger partial charge in [-0.3, -0.25) is 0 Å². The topological polar surface area (TPSA) is 61.5 Å². The molecule has 0 unspecified atom stereocenters. The monoisotopic (exact) mass is 271 g/mol. The second-order valence-electron chi connectivity index (χ2n) is 4.58. The molecule has 0 heterocycles. The molecule has 2 aromatic carbocycles. The molecule has 0 atom stereocenters. The summed E-state index contributed by atoms with van der Waals surface area (Å²) in [5, 5.41) is 0. The number of hydrogen-bond donors (Lipinski definition) is 1. The molecular formula is C16H17NO3. The van der Waals surface area contributed by atoms with Gasteiger partial charge >= 0.3 is 5.97 Å². The molecule has 0 saturated carbocycles. The van der Waals surface area contributed by atoms with Gasteiger partial charge in [0.05, 0.1) is 18.4 Å². The van der Waals surface area contributed by atoms with E-state index < -0.39 is 5.97 Å². The van der Waals surface area contributed by atoms with Crippen LogP contribution in [0.1, 0.15) is 21.5 Å². The van der Waals surface area contributed by atoms with Crippen molar-refractivity contribution >= 4 is 11.7 Å². The highest BCUT2D eigenvalue weighted by molar-refractivity contribution is 5.96. The number of aryl methyl sites for hydroxylation is 2. The van der Waals surface area contributed by atoms with E-state index in [0.717, 1.165) is 16.9 Å². The molecule has 0 amide bonds. The van der Waals surface area contributed by atoms with E-state index >= 15 is 0 Å². The van der Waals surface area contributed by atoms with Gasteiger partial charge in [-0.05, 0) is 43.2 Å². The van der Waals surface area contributed by atoms with Crippen LogP contribution >= 0.6 is 0 Å². The lowest BCUT2D eigenvalue weighted by Gasteiger charge is -2.13. The fourth-order valence-corrected chi connectivity index (χ4v) is 1.86. The summed E-state index contributed by atoms with van der Waals surface area (Å²) >= 11 is 0. The first kappa shape index (κ1) is 13.9. The molecule has 0 aliphatic heterocycles. The number of ether oxygens (including phenoxy) is 2. The van der Waals surface area contributed by atoms with E-state index in [9.17, 15) is 4.79 Å². The molecule has 20 heavy (non-hydrogen) atoms. The molecule has 0 aromatic heterocycles. The lowest BCUT2D eigenvalue weighted by molar-refractivity contribution is 0.0601. The molecule has 2 rings (SSSR count). The first-order valence-corrected chi connectivity index (χ1v) is 6.25. The third kappa shape index (κ3) is 2.74. The Morgan fingerprint density at radius 2 is 1.85 bits per heavy atom. The summed E-state index contributed by atoms with van der Waals surface area (Å²) in [6, 6.07) is 11.0. The number of carbonyl (C=O) groups is 1. The van der Waals surface area contributed by atoms with E-state index in [-0.39, 0.29) is 5.69 Å². The summed E-state index contributed by atoms with van der Waals surface area (Å²) in [7, 11) is 1.32. The lowest BCUT2D eigenvalue weighted by Crippen LogP contribution is -2.06. The van der Waals surface area contributed by atoms with Crippen molar-refractivity contribution in [1.82, 2.24) is 0 Å².